The van der Waals surface area contributed by atoms with Gasteiger partial charge >= 0.3 is 0 Å². The second kappa shape index (κ2) is 33.5. The molecule has 0 saturated heterocycles. The third-order valence-corrected chi connectivity index (χ3v) is 5.27. The quantitative estimate of drug-likeness (QED) is 0.233. The molecule has 0 aromatic carbocycles. The zero-order chi connectivity index (χ0) is 23.3. The van der Waals surface area contributed by atoms with Crippen LogP contribution in [0.15, 0.2) is 0 Å². The summed E-state index contributed by atoms with van der Waals surface area (Å²) in [6, 6.07) is 0. The molecule has 0 aliphatic rings. The Bertz CT molecular complexity index is 223. The Balaban J connectivity index is -0.000000370. The second-order valence-corrected chi connectivity index (χ2v) is 8.14. The highest BCUT2D eigenvalue weighted by Crippen LogP contribution is 1.99. The maximum Gasteiger partial charge on any atom is 0.0431 e. The number of hydrogen-bond acceptors (Lipinski definition) is 4. The summed E-state index contributed by atoms with van der Waals surface area (Å²) < 4.78 is 0. The fourth-order valence-corrected chi connectivity index (χ4v) is 2.96. The molecule has 4 heteroatoms. The molecule has 0 spiro atoms. The monoisotopic (exact) mass is 432 g/mol. The van der Waals surface area contributed by atoms with Crippen LogP contribution in [0.2, 0.25) is 0 Å². The third-order valence-electron chi connectivity index (χ3n) is 5.27. The van der Waals surface area contributed by atoms with Crippen molar-refractivity contribution in [3.05, 3.63) is 0 Å². The molecule has 0 unspecified atom stereocenters. The summed E-state index contributed by atoms with van der Waals surface area (Å²) in [5.74, 6) is 0. The molecule has 2 N–H and O–H groups in total. The molecule has 0 aliphatic carbocycles. The van der Waals surface area contributed by atoms with Gasteiger partial charge in [-0.05, 0) is 77.8 Å². The average Bonchev–Trinajstić information content (AvgIpc) is 2.78. The average molecular weight is 433 g/mol. The maximum atomic E-state index is 8.30. The summed E-state index contributed by atoms with van der Waals surface area (Å²) in [4.78, 5) is 5.10. The van der Waals surface area contributed by atoms with Crippen LogP contribution in [0, 0.1) is 0 Å². The van der Waals surface area contributed by atoms with Gasteiger partial charge < -0.3 is 20.0 Å². The van der Waals surface area contributed by atoms with E-state index in [0.29, 0.717) is 0 Å². The first-order chi connectivity index (χ1) is 14.6. The van der Waals surface area contributed by atoms with E-state index in [9.17, 15) is 0 Å². The Morgan fingerprint density at radius 2 is 0.667 bits per heavy atom. The van der Waals surface area contributed by atoms with E-state index < -0.39 is 0 Å². The molecule has 0 aromatic rings. The number of unbranched alkanes of at least 4 members (excludes halogenated alkanes) is 7. The fraction of sp³-hybridized carbons (Fsp3) is 1.00. The topological polar surface area (TPSA) is 46.9 Å². The van der Waals surface area contributed by atoms with Crippen LogP contribution in [0.5, 0.6) is 0 Å². The minimum Gasteiger partial charge on any atom is -0.396 e. The summed E-state index contributed by atoms with van der Waals surface area (Å²) in [5, 5.41) is 16.6. The fourth-order valence-electron chi connectivity index (χ4n) is 2.96. The molecular formula is C26H60N2O2. The molecular weight excluding hydrogens is 372 g/mol. The first-order valence-electron chi connectivity index (χ1n) is 13.3. The Kier molecular flexibility index (Phi) is 38.4. The van der Waals surface area contributed by atoms with Gasteiger partial charge in [-0.2, -0.15) is 0 Å². The molecule has 186 valence electrons. The van der Waals surface area contributed by atoms with Crippen LogP contribution in [0.3, 0.4) is 0 Å². The molecule has 4 nitrogen and oxygen atoms in total. The van der Waals surface area contributed by atoms with Gasteiger partial charge in [-0.15, -0.1) is 0 Å². The number of rotatable bonds is 19. The van der Waals surface area contributed by atoms with Gasteiger partial charge in [0.1, 0.15) is 0 Å². The SMILES string of the molecule is CCCCN(CC)CCCC.CCCCN(CC)CCCC.OCCCCCCO. The maximum absolute atomic E-state index is 8.30. The van der Waals surface area contributed by atoms with Crippen LogP contribution in [-0.2, 0) is 0 Å². The van der Waals surface area contributed by atoms with Crippen molar-refractivity contribution in [3.63, 3.8) is 0 Å². The second-order valence-electron chi connectivity index (χ2n) is 8.14. The van der Waals surface area contributed by atoms with Crippen molar-refractivity contribution in [2.24, 2.45) is 0 Å². The van der Waals surface area contributed by atoms with E-state index in [1.54, 1.807) is 0 Å². The summed E-state index contributed by atoms with van der Waals surface area (Å²) >= 11 is 0. The van der Waals surface area contributed by atoms with Gasteiger partial charge in [-0.25, -0.2) is 0 Å². The van der Waals surface area contributed by atoms with Crippen LogP contribution in [0.1, 0.15) is 119 Å². The van der Waals surface area contributed by atoms with Crippen LogP contribution in [-0.4, -0.2) is 72.5 Å². The molecule has 0 fully saturated rings. The van der Waals surface area contributed by atoms with Gasteiger partial charge in [0, 0.05) is 13.2 Å². The lowest BCUT2D eigenvalue weighted by atomic mass is 10.2. The smallest absolute Gasteiger partial charge is 0.0431 e. The van der Waals surface area contributed by atoms with E-state index >= 15 is 0 Å². The molecule has 0 amide bonds. The Hall–Kier alpha value is -0.160. The number of nitrogens with zero attached hydrogens (tertiary/aromatic N) is 2. The van der Waals surface area contributed by atoms with Crippen molar-refractivity contribution in [1.29, 1.82) is 0 Å². The molecule has 0 aliphatic heterocycles. The molecule has 0 saturated carbocycles. The Morgan fingerprint density at radius 1 is 0.400 bits per heavy atom. The molecule has 0 heterocycles. The van der Waals surface area contributed by atoms with Gasteiger partial charge in [0.2, 0.25) is 0 Å². The predicted octanol–water partition coefficient (Wildman–Crippen LogP) is 6.35. The van der Waals surface area contributed by atoms with Gasteiger partial charge in [-0.3, -0.25) is 0 Å². The summed E-state index contributed by atoms with van der Waals surface area (Å²) in [6.07, 6.45) is 14.6. The van der Waals surface area contributed by atoms with E-state index in [1.165, 1.54) is 90.6 Å². The number of hydrogen-bond donors (Lipinski definition) is 2. The lowest BCUT2D eigenvalue weighted by Crippen LogP contribution is -2.25. The van der Waals surface area contributed by atoms with E-state index in [-0.39, 0.29) is 13.2 Å². The van der Waals surface area contributed by atoms with Crippen molar-refractivity contribution in [1.82, 2.24) is 9.80 Å². The minimum absolute atomic E-state index is 0.283. The summed E-state index contributed by atoms with van der Waals surface area (Å²) in [7, 11) is 0. The van der Waals surface area contributed by atoms with Gasteiger partial charge in [0.25, 0.3) is 0 Å². The minimum atomic E-state index is 0.283. The number of aliphatic hydroxyl groups is 2. The van der Waals surface area contributed by atoms with Crippen molar-refractivity contribution in [3.8, 4) is 0 Å². The Morgan fingerprint density at radius 3 is 0.833 bits per heavy atom. The van der Waals surface area contributed by atoms with Crippen molar-refractivity contribution >= 4 is 0 Å². The third kappa shape index (κ3) is 32.5. The molecule has 0 radical (unpaired) electrons. The first kappa shape index (κ1) is 34.5. The zero-order valence-corrected chi connectivity index (χ0v) is 21.9. The van der Waals surface area contributed by atoms with E-state index in [1.807, 2.05) is 0 Å². The van der Waals surface area contributed by atoms with Crippen molar-refractivity contribution in [2.75, 3.05) is 52.5 Å². The number of aliphatic hydroxyl groups excluding tert-OH is 2. The van der Waals surface area contributed by atoms with Crippen LogP contribution in [0.25, 0.3) is 0 Å². The normalized spacial score (nSPS) is 10.6. The highest BCUT2D eigenvalue weighted by atomic mass is 16.3. The van der Waals surface area contributed by atoms with Gasteiger partial charge in [0.05, 0.1) is 0 Å². The lowest BCUT2D eigenvalue weighted by Gasteiger charge is -2.19. The largest absolute Gasteiger partial charge is 0.396 e. The molecule has 30 heavy (non-hydrogen) atoms. The van der Waals surface area contributed by atoms with Crippen LogP contribution in [0.4, 0.5) is 0 Å². The molecule has 0 aromatic heterocycles. The highest BCUT2D eigenvalue weighted by Gasteiger charge is 1.99. The van der Waals surface area contributed by atoms with E-state index in [0.717, 1.165) is 25.7 Å². The highest BCUT2D eigenvalue weighted by molar-refractivity contribution is 4.54. The van der Waals surface area contributed by atoms with Crippen molar-refractivity contribution in [2.45, 2.75) is 119 Å². The summed E-state index contributed by atoms with van der Waals surface area (Å²) in [5.41, 5.74) is 0. The predicted molar refractivity (Wildman–Crippen MR) is 136 cm³/mol. The standard InChI is InChI=1S/2C10H23N.C6H14O2/c2*1-4-7-9-11(6-3)10-8-5-2;7-5-3-1-2-4-6-8/h2*4-10H2,1-3H3;7-8H,1-6H2. The zero-order valence-electron chi connectivity index (χ0n) is 21.9. The van der Waals surface area contributed by atoms with Crippen molar-refractivity contribution < 1.29 is 10.2 Å². The lowest BCUT2D eigenvalue weighted by molar-refractivity contribution is 0.265. The van der Waals surface area contributed by atoms with Crippen LogP contribution < -0.4 is 0 Å². The van der Waals surface area contributed by atoms with Crippen LogP contribution >= 0.6 is 0 Å². The Labute approximate surface area is 191 Å². The first-order valence-corrected chi connectivity index (χ1v) is 13.3. The molecule has 0 bridgehead atoms. The molecule has 0 atom stereocenters. The van der Waals surface area contributed by atoms with Gasteiger partial charge in [0.15, 0.2) is 0 Å². The molecule has 0 rings (SSSR count). The van der Waals surface area contributed by atoms with E-state index in [4.69, 9.17) is 10.2 Å². The summed E-state index contributed by atoms with van der Waals surface area (Å²) in [6.45, 7) is 21.7. The van der Waals surface area contributed by atoms with Gasteiger partial charge in [-0.1, -0.05) is 80.1 Å². The van der Waals surface area contributed by atoms with E-state index in [2.05, 4.69) is 51.3 Å².